The minimum Gasteiger partial charge on any atom is -0.478 e. The molecule has 0 unspecified atom stereocenters. The first kappa shape index (κ1) is 25.4. The Morgan fingerprint density at radius 1 is 1.03 bits per heavy atom. The zero-order valence-corrected chi connectivity index (χ0v) is 23.6. The van der Waals surface area contributed by atoms with Crippen molar-refractivity contribution in [2.45, 2.75) is 32.6 Å². The molecule has 6 nitrogen and oxygen atoms in total. The van der Waals surface area contributed by atoms with Gasteiger partial charge in [-0.3, -0.25) is 4.98 Å². The SMILES string of the molecule is Cc1cc(-c2c3ccccc3c(Br)c3sc(C)c(C)c23)cc(C)c1OS(=O)(=O)c1cnccc1C(=O)O. The Labute approximate surface area is 226 Å². The van der Waals surface area contributed by atoms with Gasteiger partial charge in [-0.15, -0.1) is 11.3 Å². The van der Waals surface area contributed by atoms with E-state index in [1.807, 2.05) is 24.3 Å². The molecule has 0 fully saturated rings. The molecule has 0 radical (unpaired) electrons. The molecule has 0 aliphatic heterocycles. The van der Waals surface area contributed by atoms with E-state index in [-0.39, 0.29) is 5.75 Å². The van der Waals surface area contributed by atoms with Crippen molar-refractivity contribution in [3.63, 3.8) is 0 Å². The summed E-state index contributed by atoms with van der Waals surface area (Å²) in [4.78, 5) is 16.1. The summed E-state index contributed by atoms with van der Waals surface area (Å²) >= 11 is 5.57. The molecule has 37 heavy (non-hydrogen) atoms. The smallest absolute Gasteiger partial charge is 0.341 e. The van der Waals surface area contributed by atoms with E-state index in [2.05, 4.69) is 46.9 Å². The predicted molar refractivity (Wildman–Crippen MR) is 150 cm³/mol. The Morgan fingerprint density at radius 2 is 1.68 bits per heavy atom. The number of rotatable bonds is 5. The van der Waals surface area contributed by atoms with E-state index in [1.165, 1.54) is 21.3 Å². The summed E-state index contributed by atoms with van der Waals surface area (Å²) < 4.78 is 33.9. The number of pyridine rings is 1. The largest absolute Gasteiger partial charge is 0.478 e. The van der Waals surface area contributed by atoms with Crippen LogP contribution in [0.25, 0.3) is 32.0 Å². The fourth-order valence-electron chi connectivity index (χ4n) is 4.67. The molecule has 0 spiro atoms. The van der Waals surface area contributed by atoms with Crippen LogP contribution < -0.4 is 4.18 Å². The first-order valence-electron chi connectivity index (χ1n) is 11.3. The minimum atomic E-state index is -4.44. The highest BCUT2D eigenvalue weighted by molar-refractivity contribution is 9.11. The summed E-state index contributed by atoms with van der Waals surface area (Å²) in [5.74, 6) is -1.21. The topological polar surface area (TPSA) is 93.6 Å². The zero-order valence-electron chi connectivity index (χ0n) is 20.4. The standard InChI is InChI=1S/C28H22BrNO5S2/c1-14-11-18(12-15(2)26(14)35-37(33,34)22-13-30-10-9-21(22)28(31)32)24-19-7-5-6-8-20(19)25(29)27-23(24)16(3)17(4)36-27/h5-13H,1-4H3,(H,31,32). The van der Waals surface area contributed by atoms with Gasteiger partial charge in [-0.2, -0.15) is 8.42 Å². The van der Waals surface area contributed by atoms with Crippen molar-refractivity contribution >= 4 is 64.2 Å². The van der Waals surface area contributed by atoms with E-state index >= 15 is 0 Å². The molecule has 0 bridgehead atoms. The van der Waals surface area contributed by atoms with Gasteiger partial charge in [0.2, 0.25) is 0 Å². The molecule has 0 saturated carbocycles. The van der Waals surface area contributed by atoms with Crippen LogP contribution in [0.15, 0.2) is 64.2 Å². The molecule has 0 aliphatic carbocycles. The van der Waals surface area contributed by atoms with Crippen LogP contribution in [0.2, 0.25) is 0 Å². The third kappa shape index (κ3) is 4.21. The number of halogens is 1. The van der Waals surface area contributed by atoms with Gasteiger partial charge >= 0.3 is 16.1 Å². The number of aromatic nitrogens is 1. The Hall–Kier alpha value is -3.27. The number of aromatic carboxylic acids is 1. The van der Waals surface area contributed by atoms with Crippen LogP contribution in [-0.2, 0) is 10.1 Å². The molecule has 5 rings (SSSR count). The summed E-state index contributed by atoms with van der Waals surface area (Å²) in [6.45, 7) is 7.80. The van der Waals surface area contributed by atoms with Crippen LogP contribution in [0.3, 0.4) is 0 Å². The summed E-state index contributed by atoms with van der Waals surface area (Å²) in [5.41, 5.74) is 4.07. The van der Waals surface area contributed by atoms with Crippen molar-refractivity contribution in [1.82, 2.24) is 4.98 Å². The molecule has 0 atom stereocenters. The third-order valence-corrected chi connectivity index (χ3v) is 10.1. The number of carboxylic acid groups (broad SMARTS) is 1. The minimum absolute atomic E-state index is 0.167. The summed E-state index contributed by atoms with van der Waals surface area (Å²) in [6.07, 6.45) is 2.22. The number of fused-ring (bicyclic) bond motifs is 2. The van der Waals surface area contributed by atoms with E-state index < -0.39 is 26.5 Å². The van der Waals surface area contributed by atoms with Crippen molar-refractivity contribution in [3.05, 3.63) is 86.5 Å². The average Bonchev–Trinajstić information content (AvgIpc) is 3.16. The quantitative estimate of drug-likeness (QED) is 0.210. The van der Waals surface area contributed by atoms with Crippen LogP contribution >= 0.6 is 27.3 Å². The van der Waals surface area contributed by atoms with Crippen LogP contribution in [0.5, 0.6) is 5.75 Å². The van der Waals surface area contributed by atoms with E-state index in [0.29, 0.717) is 11.1 Å². The molecular formula is C28H22BrNO5S2. The maximum atomic E-state index is 13.1. The number of nitrogens with zero attached hydrogens (tertiary/aromatic N) is 1. The Morgan fingerprint density at radius 3 is 2.32 bits per heavy atom. The fraction of sp³-hybridized carbons (Fsp3) is 0.143. The maximum Gasteiger partial charge on any atom is 0.341 e. The first-order valence-corrected chi connectivity index (χ1v) is 14.4. The number of benzene rings is 3. The fourth-order valence-corrected chi connectivity index (χ4v) is 7.76. The van der Waals surface area contributed by atoms with Crippen LogP contribution in [0, 0.1) is 27.7 Å². The number of hydrogen-bond acceptors (Lipinski definition) is 6. The maximum absolute atomic E-state index is 13.1. The number of thiophene rings is 1. The second-order valence-electron chi connectivity index (χ2n) is 8.88. The lowest BCUT2D eigenvalue weighted by atomic mass is 9.91. The van der Waals surface area contributed by atoms with Gasteiger partial charge in [-0.1, -0.05) is 24.3 Å². The van der Waals surface area contributed by atoms with Gasteiger partial charge in [0, 0.05) is 27.1 Å². The van der Waals surface area contributed by atoms with E-state index in [1.54, 1.807) is 25.2 Å². The van der Waals surface area contributed by atoms with Gasteiger partial charge in [0.05, 0.1) is 10.3 Å². The second kappa shape index (κ2) is 9.24. The summed E-state index contributed by atoms with van der Waals surface area (Å²) in [5, 5.41) is 12.8. The van der Waals surface area contributed by atoms with Crippen LogP contribution in [-0.4, -0.2) is 24.5 Å². The number of hydrogen-bond donors (Lipinski definition) is 1. The van der Waals surface area contributed by atoms with E-state index in [9.17, 15) is 18.3 Å². The van der Waals surface area contributed by atoms with Gasteiger partial charge in [0.25, 0.3) is 0 Å². The van der Waals surface area contributed by atoms with Gasteiger partial charge in [0.15, 0.2) is 0 Å². The molecule has 0 saturated heterocycles. The molecule has 2 heterocycles. The molecule has 2 aromatic heterocycles. The molecule has 3 aromatic carbocycles. The van der Waals surface area contributed by atoms with Crippen molar-refractivity contribution < 1.29 is 22.5 Å². The molecule has 0 amide bonds. The highest BCUT2D eigenvalue weighted by Crippen LogP contribution is 2.47. The van der Waals surface area contributed by atoms with Gasteiger partial charge in [-0.05, 0) is 100 Å². The normalized spacial score (nSPS) is 11.8. The van der Waals surface area contributed by atoms with E-state index in [4.69, 9.17) is 4.18 Å². The molecule has 0 aliphatic rings. The Balaban J connectivity index is 1.71. The van der Waals surface area contributed by atoms with Gasteiger partial charge < -0.3 is 9.29 Å². The highest BCUT2D eigenvalue weighted by atomic mass is 79.9. The lowest BCUT2D eigenvalue weighted by molar-refractivity contribution is 0.0692. The van der Waals surface area contributed by atoms with Crippen LogP contribution in [0.1, 0.15) is 31.9 Å². The van der Waals surface area contributed by atoms with Crippen LogP contribution in [0.4, 0.5) is 0 Å². The summed E-state index contributed by atoms with van der Waals surface area (Å²) in [6, 6.07) is 13.2. The van der Waals surface area contributed by atoms with Crippen molar-refractivity contribution in [3.8, 4) is 16.9 Å². The number of carbonyl (C=O) groups is 1. The third-order valence-electron chi connectivity index (χ3n) is 6.49. The molecule has 188 valence electrons. The first-order chi connectivity index (χ1) is 17.5. The van der Waals surface area contributed by atoms with Gasteiger partial charge in [-0.25, -0.2) is 4.79 Å². The molecule has 5 aromatic rings. The summed E-state index contributed by atoms with van der Waals surface area (Å²) in [7, 11) is -4.44. The van der Waals surface area contributed by atoms with Crippen molar-refractivity contribution in [1.29, 1.82) is 0 Å². The van der Waals surface area contributed by atoms with E-state index in [0.717, 1.165) is 44.0 Å². The predicted octanol–water partition coefficient (Wildman–Crippen LogP) is 7.58. The Kier molecular flexibility index (Phi) is 6.34. The second-order valence-corrected chi connectivity index (χ2v) is 12.4. The monoisotopic (exact) mass is 595 g/mol. The number of carboxylic acids is 1. The average molecular weight is 597 g/mol. The molecule has 9 heteroatoms. The lowest BCUT2D eigenvalue weighted by Crippen LogP contribution is -2.16. The van der Waals surface area contributed by atoms with Crippen molar-refractivity contribution in [2.24, 2.45) is 0 Å². The number of aryl methyl sites for hydroxylation is 4. The lowest BCUT2D eigenvalue weighted by Gasteiger charge is -2.17. The van der Waals surface area contributed by atoms with Crippen molar-refractivity contribution in [2.75, 3.05) is 0 Å². The van der Waals surface area contributed by atoms with Gasteiger partial charge in [0.1, 0.15) is 10.6 Å². The molecular weight excluding hydrogens is 574 g/mol. The zero-order chi connectivity index (χ0) is 26.6. The molecule has 1 N–H and O–H groups in total. The Bertz CT molecular complexity index is 1840. The highest BCUT2D eigenvalue weighted by Gasteiger charge is 2.27.